The molecule has 0 aliphatic rings. The van der Waals surface area contributed by atoms with Crippen LogP contribution in [0.4, 0.5) is 14.5 Å². The zero-order valence-electron chi connectivity index (χ0n) is 17.2. The van der Waals surface area contributed by atoms with E-state index in [1.165, 1.54) is 18.2 Å². The van der Waals surface area contributed by atoms with Crippen LogP contribution in [0.1, 0.15) is 15.9 Å². The number of halogens is 2. The molecule has 4 aromatic rings. The first-order valence-corrected chi connectivity index (χ1v) is 11.1. The number of benzene rings is 3. The highest BCUT2D eigenvalue weighted by Crippen LogP contribution is 2.18. The van der Waals surface area contributed by atoms with Crippen molar-refractivity contribution < 1.29 is 26.4 Å². The average Bonchev–Trinajstić information content (AvgIpc) is 2.79. The van der Waals surface area contributed by atoms with Gasteiger partial charge < -0.3 is 9.73 Å². The molecule has 0 aliphatic carbocycles. The molecule has 7 nitrogen and oxygen atoms in total. The van der Waals surface area contributed by atoms with E-state index >= 15 is 0 Å². The van der Waals surface area contributed by atoms with Gasteiger partial charge in [0.2, 0.25) is 5.55 Å². The fraction of sp³-hybridized carbons (Fsp3) is 0.0435. The second-order valence-electron chi connectivity index (χ2n) is 7.10. The van der Waals surface area contributed by atoms with Crippen molar-refractivity contribution in [3.8, 4) is 0 Å². The van der Waals surface area contributed by atoms with Gasteiger partial charge in [0, 0.05) is 11.5 Å². The van der Waals surface area contributed by atoms with Gasteiger partial charge in [-0.25, -0.2) is 8.78 Å². The minimum absolute atomic E-state index is 0.0305. The van der Waals surface area contributed by atoms with Crippen LogP contribution in [0.15, 0.2) is 87.2 Å². The summed E-state index contributed by atoms with van der Waals surface area (Å²) in [4.78, 5) is 14.9. The predicted molar refractivity (Wildman–Crippen MR) is 118 cm³/mol. The van der Waals surface area contributed by atoms with Crippen molar-refractivity contribution in [2.24, 2.45) is 5.10 Å². The first-order valence-electron chi connectivity index (χ1n) is 9.64. The van der Waals surface area contributed by atoms with Gasteiger partial charge in [-0.05, 0) is 43.3 Å². The van der Waals surface area contributed by atoms with E-state index in [2.05, 4.69) is 15.2 Å². The van der Waals surface area contributed by atoms with Crippen LogP contribution >= 0.6 is 0 Å². The summed E-state index contributed by atoms with van der Waals surface area (Å²) < 4.78 is 58.0. The molecule has 2 N–H and O–H groups in total. The minimum atomic E-state index is -4.05. The molecule has 10 heteroatoms. The Kier molecular flexibility index (Phi) is 5.93. The van der Waals surface area contributed by atoms with Crippen LogP contribution in [-0.4, -0.2) is 14.3 Å². The normalized spacial score (nSPS) is 12.0. The number of rotatable bonds is 5. The van der Waals surface area contributed by atoms with E-state index < -0.39 is 27.6 Å². The number of nitrogens with one attached hydrogen (secondary N) is 2. The monoisotopic (exact) mass is 469 g/mol. The summed E-state index contributed by atoms with van der Waals surface area (Å²) in [5.74, 6) is -2.60. The first kappa shape index (κ1) is 22.2. The van der Waals surface area contributed by atoms with Gasteiger partial charge in [0.05, 0.1) is 10.6 Å². The highest BCUT2D eigenvalue weighted by molar-refractivity contribution is 7.89. The topological polar surface area (TPSA) is 101 Å². The van der Waals surface area contributed by atoms with Crippen LogP contribution in [0.5, 0.6) is 0 Å². The zero-order valence-corrected chi connectivity index (χ0v) is 18.0. The molecule has 0 fully saturated rings. The quantitative estimate of drug-likeness (QED) is 0.431. The Morgan fingerprint density at radius 2 is 1.70 bits per heavy atom. The standard InChI is InChI=1S/C23H17F2N3O4S/c1-14-6-9-17(10-7-14)33(30,31)28-27-23-18(12-15-4-2-3-5-21(15)32-23)22(29)26-20-11-8-16(24)13-19(20)25/h2-13,28H,1H3,(H,26,29). The van der Waals surface area contributed by atoms with Crippen LogP contribution in [0.3, 0.4) is 0 Å². The van der Waals surface area contributed by atoms with Crippen molar-refractivity contribution >= 4 is 32.6 Å². The van der Waals surface area contributed by atoms with Crippen molar-refractivity contribution in [3.63, 3.8) is 0 Å². The molecule has 0 radical (unpaired) electrons. The summed E-state index contributed by atoms with van der Waals surface area (Å²) in [6.07, 6.45) is 0. The molecule has 0 atom stereocenters. The number of amides is 1. The van der Waals surface area contributed by atoms with Gasteiger partial charge in [0.25, 0.3) is 15.9 Å². The molecule has 0 aliphatic heterocycles. The van der Waals surface area contributed by atoms with E-state index in [4.69, 9.17) is 4.42 Å². The molecule has 33 heavy (non-hydrogen) atoms. The highest BCUT2D eigenvalue weighted by Gasteiger charge is 2.17. The molecular formula is C23H17F2N3O4S. The van der Waals surface area contributed by atoms with E-state index in [-0.39, 0.29) is 21.7 Å². The van der Waals surface area contributed by atoms with Crippen molar-refractivity contribution in [3.05, 3.63) is 101 Å². The minimum Gasteiger partial charge on any atom is -0.436 e. The molecule has 1 heterocycles. The van der Waals surface area contributed by atoms with Gasteiger partial charge in [-0.15, -0.1) is 5.10 Å². The molecule has 0 unspecified atom stereocenters. The smallest absolute Gasteiger partial charge is 0.276 e. The average molecular weight is 469 g/mol. The van der Waals surface area contributed by atoms with E-state index in [0.29, 0.717) is 17.0 Å². The number of anilines is 1. The fourth-order valence-electron chi connectivity index (χ4n) is 2.97. The van der Waals surface area contributed by atoms with E-state index in [1.807, 2.05) is 6.92 Å². The summed E-state index contributed by atoms with van der Waals surface area (Å²) in [7, 11) is -4.05. The summed E-state index contributed by atoms with van der Waals surface area (Å²) in [6.45, 7) is 1.82. The lowest BCUT2D eigenvalue weighted by Gasteiger charge is -2.08. The van der Waals surface area contributed by atoms with Crippen LogP contribution in [0, 0.1) is 18.6 Å². The van der Waals surface area contributed by atoms with Crippen molar-refractivity contribution in [1.29, 1.82) is 0 Å². The van der Waals surface area contributed by atoms with Crippen LogP contribution < -0.4 is 15.7 Å². The second-order valence-corrected chi connectivity index (χ2v) is 8.76. The number of hydrogen-bond acceptors (Lipinski definition) is 5. The fourth-order valence-corrected chi connectivity index (χ4v) is 3.77. The lowest BCUT2D eigenvalue weighted by Crippen LogP contribution is -2.27. The van der Waals surface area contributed by atoms with Gasteiger partial charge in [-0.2, -0.15) is 13.2 Å². The third-order valence-electron chi connectivity index (χ3n) is 4.68. The number of aryl methyl sites for hydroxylation is 1. The van der Waals surface area contributed by atoms with Gasteiger partial charge >= 0.3 is 0 Å². The summed E-state index contributed by atoms with van der Waals surface area (Å²) in [6, 6.07) is 16.9. The Labute approximate surface area is 187 Å². The number of fused-ring (bicyclic) bond motifs is 1. The lowest BCUT2D eigenvalue weighted by molar-refractivity contribution is 0.102. The third kappa shape index (κ3) is 4.90. The van der Waals surface area contributed by atoms with Crippen LogP contribution in [0.25, 0.3) is 11.0 Å². The molecule has 3 aromatic carbocycles. The molecule has 0 saturated carbocycles. The Hall–Kier alpha value is -4.05. The molecule has 168 valence electrons. The molecule has 0 bridgehead atoms. The van der Waals surface area contributed by atoms with Crippen LogP contribution in [-0.2, 0) is 10.0 Å². The molecule has 0 spiro atoms. The summed E-state index contributed by atoms with van der Waals surface area (Å²) in [5, 5.41) is 6.65. The second kappa shape index (κ2) is 8.83. The van der Waals surface area contributed by atoms with Gasteiger partial charge in [0.1, 0.15) is 22.8 Å². The zero-order chi connectivity index (χ0) is 23.6. The molecule has 0 saturated heterocycles. The maximum absolute atomic E-state index is 14.0. The number of carbonyl (C=O) groups is 1. The number of hydrogen-bond donors (Lipinski definition) is 2. The van der Waals surface area contributed by atoms with Crippen LogP contribution in [0.2, 0.25) is 0 Å². The Balaban J connectivity index is 1.75. The Bertz CT molecular complexity index is 1530. The summed E-state index contributed by atoms with van der Waals surface area (Å²) >= 11 is 0. The molecule has 1 aromatic heterocycles. The molecular weight excluding hydrogens is 452 g/mol. The van der Waals surface area contributed by atoms with Crippen molar-refractivity contribution in [2.75, 3.05) is 5.32 Å². The number of sulfonamides is 1. The van der Waals surface area contributed by atoms with E-state index in [1.54, 1.807) is 36.4 Å². The van der Waals surface area contributed by atoms with Gasteiger partial charge in [-0.1, -0.05) is 35.9 Å². The highest BCUT2D eigenvalue weighted by atomic mass is 32.2. The van der Waals surface area contributed by atoms with Gasteiger partial charge in [0.15, 0.2) is 0 Å². The van der Waals surface area contributed by atoms with E-state index in [0.717, 1.165) is 17.7 Å². The molecule has 4 rings (SSSR count). The Morgan fingerprint density at radius 3 is 2.42 bits per heavy atom. The van der Waals surface area contributed by atoms with Gasteiger partial charge in [-0.3, -0.25) is 4.79 Å². The third-order valence-corrected chi connectivity index (χ3v) is 5.90. The predicted octanol–water partition coefficient (Wildman–Crippen LogP) is 4.07. The maximum Gasteiger partial charge on any atom is 0.276 e. The SMILES string of the molecule is Cc1ccc(S(=O)(=O)NN=c2oc3ccccc3cc2C(=O)Nc2ccc(F)cc2F)cc1. The maximum atomic E-state index is 14.0. The lowest BCUT2D eigenvalue weighted by atomic mass is 10.1. The van der Waals surface area contributed by atoms with Crippen molar-refractivity contribution in [1.82, 2.24) is 4.83 Å². The number of para-hydroxylation sites is 1. The largest absolute Gasteiger partial charge is 0.436 e. The van der Waals surface area contributed by atoms with E-state index in [9.17, 15) is 22.0 Å². The summed E-state index contributed by atoms with van der Waals surface area (Å²) in [5.41, 5.74) is 0.451. The first-order chi connectivity index (χ1) is 15.7. The number of carbonyl (C=O) groups excluding carboxylic acids is 1. The number of nitrogens with zero attached hydrogens (tertiary/aromatic N) is 1. The van der Waals surface area contributed by atoms with Crippen molar-refractivity contribution in [2.45, 2.75) is 11.8 Å². The molecule has 1 amide bonds. The Morgan fingerprint density at radius 1 is 0.970 bits per heavy atom.